The Hall–Kier alpha value is -1.84. The van der Waals surface area contributed by atoms with Crippen LogP contribution in [0.5, 0.6) is 0 Å². The van der Waals surface area contributed by atoms with Gasteiger partial charge in [0, 0.05) is 19.3 Å². The number of hydrogen-bond acceptors (Lipinski definition) is 4. The zero-order valence-corrected chi connectivity index (χ0v) is 11.8. The van der Waals surface area contributed by atoms with Crippen molar-refractivity contribution in [3.8, 4) is 0 Å². The van der Waals surface area contributed by atoms with Gasteiger partial charge in [-0.15, -0.1) is 0 Å². The van der Waals surface area contributed by atoms with Crippen molar-refractivity contribution in [1.82, 2.24) is 0 Å². The first kappa shape index (κ1) is 15.2. The molecule has 0 aliphatic rings. The Balaban J connectivity index is 2.96. The van der Waals surface area contributed by atoms with Gasteiger partial charge in [-0.2, -0.15) is 0 Å². The smallest absolute Gasteiger partial charge is 0.303 e. The lowest BCUT2D eigenvalue weighted by atomic mass is 9.83. The molecule has 0 aliphatic carbocycles. The summed E-state index contributed by atoms with van der Waals surface area (Å²) in [5, 5.41) is 0. The van der Waals surface area contributed by atoms with E-state index in [1.54, 1.807) is 0 Å². The topological polar surface area (TPSA) is 52.6 Å². The Morgan fingerprint density at radius 1 is 1.11 bits per heavy atom. The van der Waals surface area contributed by atoms with Gasteiger partial charge in [0.2, 0.25) is 0 Å². The van der Waals surface area contributed by atoms with Crippen molar-refractivity contribution < 1.29 is 19.1 Å². The lowest BCUT2D eigenvalue weighted by Gasteiger charge is -2.33. The second-order valence-electron chi connectivity index (χ2n) is 5.17. The maximum Gasteiger partial charge on any atom is 0.303 e. The van der Waals surface area contributed by atoms with Crippen molar-refractivity contribution in [2.24, 2.45) is 5.41 Å². The molecule has 0 saturated carbocycles. The van der Waals surface area contributed by atoms with E-state index < -0.39 is 11.5 Å². The van der Waals surface area contributed by atoms with Gasteiger partial charge >= 0.3 is 11.9 Å². The first-order chi connectivity index (χ1) is 8.83. The molecule has 0 amide bonds. The van der Waals surface area contributed by atoms with Crippen molar-refractivity contribution in [2.75, 3.05) is 6.61 Å². The normalized spacial score (nSPS) is 12.6. The molecule has 0 radical (unpaired) electrons. The number of esters is 2. The van der Waals surface area contributed by atoms with Crippen LogP contribution in [0.15, 0.2) is 30.3 Å². The maximum atomic E-state index is 11.3. The Kier molecular flexibility index (Phi) is 5.10. The van der Waals surface area contributed by atoms with E-state index in [9.17, 15) is 9.59 Å². The Morgan fingerprint density at radius 2 is 1.68 bits per heavy atom. The van der Waals surface area contributed by atoms with Crippen LogP contribution in [0.3, 0.4) is 0 Å². The van der Waals surface area contributed by atoms with Gasteiger partial charge in [0.25, 0.3) is 0 Å². The van der Waals surface area contributed by atoms with Gasteiger partial charge < -0.3 is 9.47 Å². The van der Waals surface area contributed by atoms with E-state index in [-0.39, 0.29) is 18.5 Å². The largest absolute Gasteiger partial charge is 0.465 e. The minimum atomic E-state index is -0.501. The lowest BCUT2D eigenvalue weighted by Crippen LogP contribution is -2.31. The third kappa shape index (κ3) is 4.73. The fraction of sp³-hybridized carbons (Fsp3) is 0.467. The van der Waals surface area contributed by atoms with Crippen LogP contribution >= 0.6 is 0 Å². The van der Waals surface area contributed by atoms with Gasteiger partial charge in [-0.3, -0.25) is 9.59 Å². The minimum absolute atomic E-state index is 0.190. The van der Waals surface area contributed by atoms with E-state index in [1.165, 1.54) is 13.8 Å². The molecule has 104 valence electrons. The average molecular weight is 264 g/mol. The number of benzene rings is 1. The molecule has 1 rings (SSSR count). The quantitative estimate of drug-likeness (QED) is 0.767. The molecule has 4 heteroatoms. The first-order valence-electron chi connectivity index (χ1n) is 6.18. The molecule has 0 aliphatic heterocycles. The zero-order valence-electron chi connectivity index (χ0n) is 11.8. The molecule has 1 aromatic carbocycles. The number of ether oxygens (including phenoxy) is 2. The molecule has 0 spiro atoms. The number of rotatable bonds is 5. The van der Waals surface area contributed by atoms with Crippen molar-refractivity contribution in [3.05, 3.63) is 35.9 Å². The highest BCUT2D eigenvalue weighted by Gasteiger charge is 2.34. The molecule has 0 heterocycles. The van der Waals surface area contributed by atoms with E-state index in [2.05, 4.69) is 0 Å². The zero-order chi connectivity index (χ0) is 14.5. The summed E-state index contributed by atoms with van der Waals surface area (Å²) < 4.78 is 10.5. The highest BCUT2D eigenvalue weighted by atomic mass is 16.6. The summed E-state index contributed by atoms with van der Waals surface area (Å²) >= 11 is 0. The molecule has 19 heavy (non-hydrogen) atoms. The third-order valence-corrected chi connectivity index (χ3v) is 2.74. The summed E-state index contributed by atoms with van der Waals surface area (Å²) in [5.41, 5.74) is 0.383. The molecule has 4 nitrogen and oxygen atoms in total. The van der Waals surface area contributed by atoms with Gasteiger partial charge in [0.1, 0.15) is 12.7 Å². The van der Waals surface area contributed by atoms with E-state index in [0.29, 0.717) is 0 Å². The Bertz CT molecular complexity index is 437. The van der Waals surface area contributed by atoms with Crippen LogP contribution in [0.25, 0.3) is 0 Å². The van der Waals surface area contributed by atoms with Crippen LogP contribution in [0.2, 0.25) is 0 Å². The van der Waals surface area contributed by atoms with Gasteiger partial charge in [-0.05, 0) is 5.56 Å². The van der Waals surface area contributed by atoms with Crippen molar-refractivity contribution in [1.29, 1.82) is 0 Å². The van der Waals surface area contributed by atoms with E-state index in [0.717, 1.165) is 5.56 Å². The van der Waals surface area contributed by atoms with Crippen LogP contribution in [0.1, 0.15) is 39.4 Å². The summed E-state index contributed by atoms with van der Waals surface area (Å²) in [6, 6.07) is 9.45. The molecule has 0 unspecified atom stereocenters. The predicted octanol–water partition coefficient (Wildman–Crippen LogP) is 2.88. The monoisotopic (exact) mass is 264 g/mol. The maximum absolute atomic E-state index is 11.3. The van der Waals surface area contributed by atoms with E-state index >= 15 is 0 Å². The Labute approximate surface area is 113 Å². The van der Waals surface area contributed by atoms with Crippen molar-refractivity contribution in [3.63, 3.8) is 0 Å². The van der Waals surface area contributed by atoms with Crippen LogP contribution in [0.4, 0.5) is 0 Å². The molecule has 1 atom stereocenters. The molecule has 1 aromatic rings. The highest BCUT2D eigenvalue weighted by molar-refractivity contribution is 5.67. The summed E-state index contributed by atoms with van der Waals surface area (Å²) in [6.45, 7) is 6.72. The van der Waals surface area contributed by atoms with E-state index in [1.807, 2.05) is 44.2 Å². The summed E-state index contributed by atoms with van der Waals surface area (Å²) in [5.74, 6) is -0.701. The fourth-order valence-electron chi connectivity index (χ4n) is 1.84. The van der Waals surface area contributed by atoms with Crippen LogP contribution in [-0.4, -0.2) is 18.5 Å². The van der Waals surface area contributed by atoms with Crippen LogP contribution in [0, 0.1) is 5.41 Å². The molecule has 0 aromatic heterocycles. The SMILES string of the molecule is CC(=O)OCC(C)(C)[C@@H](OC(C)=O)c1ccccc1. The van der Waals surface area contributed by atoms with E-state index in [4.69, 9.17) is 9.47 Å². The summed E-state index contributed by atoms with van der Waals surface area (Å²) in [4.78, 5) is 22.2. The second kappa shape index (κ2) is 6.36. The minimum Gasteiger partial charge on any atom is -0.465 e. The summed E-state index contributed by atoms with van der Waals surface area (Å²) in [7, 11) is 0. The number of carbonyl (C=O) groups is 2. The average Bonchev–Trinajstić information content (AvgIpc) is 2.34. The summed E-state index contributed by atoms with van der Waals surface area (Å²) in [6.07, 6.45) is -0.453. The molecule has 0 N–H and O–H groups in total. The van der Waals surface area contributed by atoms with Gasteiger partial charge in [0.15, 0.2) is 0 Å². The van der Waals surface area contributed by atoms with Gasteiger partial charge in [-0.25, -0.2) is 0 Å². The van der Waals surface area contributed by atoms with Gasteiger partial charge in [0.05, 0.1) is 0 Å². The van der Waals surface area contributed by atoms with Crippen LogP contribution in [-0.2, 0) is 19.1 Å². The lowest BCUT2D eigenvalue weighted by molar-refractivity contribution is -0.159. The van der Waals surface area contributed by atoms with Gasteiger partial charge in [-0.1, -0.05) is 44.2 Å². The predicted molar refractivity (Wildman–Crippen MR) is 71.4 cm³/mol. The number of hydrogen-bond donors (Lipinski definition) is 0. The number of carbonyl (C=O) groups excluding carboxylic acids is 2. The fourth-order valence-corrected chi connectivity index (χ4v) is 1.84. The molecular weight excluding hydrogens is 244 g/mol. The molecular formula is C15H20O4. The Morgan fingerprint density at radius 3 is 2.16 bits per heavy atom. The third-order valence-electron chi connectivity index (χ3n) is 2.74. The molecule has 0 saturated heterocycles. The van der Waals surface area contributed by atoms with Crippen molar-refractivity contribution >= 4 is 11.9 Å². The second-order valence-corrected chi connectivity index (χ2v) is 5.17. The standard InChI is InChI=1S/C15H20O4/c1-11(16)18-10-15(3,4)14(19-12(2)17)13-8-6-5-7-9-13/h5-9,14H,10H2,1-4H3/t14-/m0/s1. The van der Waals surface area contributed by atoms with Crippen molar-refractivity contribution in [2.45, 2.75) is 33.8 Å². The highest BCUT2D eigenvalue weighted by Crippen LogP contribution is 2.37. The van der Waals surface area contributed by atoms with Crippen LogP contribution < -0.4 is 0 Å². The first-order valence-corrected chi connectivity index (χ1v) is 6.18. The molecule has 0 fully saturated rings. The molecule has 0 bridgehead atoms.